The molecule has 0 aliphatic heterocycles. The Labute approximate surface area is 37.9 Å². The lowest BCUT2D eigenvalue weighted by Gasteiger charge is -1.68. The second kappa shape index (κ2) is 4.34. The molecule has 0 rings (SSSR count). The highest BCUT2D eigenvalue weighted by atomic mass is 79.9. The van der Waals surface area contributed by atoms with Gasteiger partial charge < -0.3 is 0 Å². The zero-order valence-corrected chi connectivity index (χ0v) is 5.96. The maximum Gasteiger partial charge on any atom is -0.0285 e. The van der Waals surface area contributed by atoms with Crippen LogP contribution in [0.2, 0.25) is 0 Å². The van der Waals surface area contributed by atoms with Gasteiger partial charge in [0.2, 0.25) is 0 Å². The van der Waals surface area contributed by atoms with Crippen molar-refractivity contribution in [2.45, 2.75) is 0 Å². The van der Waals surface area contributed by atoms with Crippen molar-refractivity contribution in [2.75, 3.05) is 6.66 Å². The third-order valence-corrected chi connectivity index (χ3v) is 4.42. The van der Waals surface area contributed by atoms with Gasteiger partial charge >= 0.3 is 0 Å². The molecular weight excluding hydrogens is 154 g/mol. The van der Waals surface area contributed by atoms with Gasteiger partial charge in [0.15, 0.2) is 0 Å². The molecule has 0 bridgehead atoms. The third kappa shape index (κ3) is 3.34. The van der Waals surface area contributed by atoms with Crippen molar-refractivity contribution < 1.29 is 0 Å². The highest BCUT2D eigenvalue weighted by Gasteiger charge is 1.56. The summed E-state index contributed by atoms with van der Waals surface area (Å²) in [6, 6.07) is 0. The van der Waals surface area contributed by atoms with Crippen LogP contribution in [0.5, 0.6) is 0 Å². The molecule has 0 aliphatic carbocycles. The molecule has 26 valence electrons. The highest BCUT2D eigenvalue weighted by molar-refractivity contribution is 9.41. The van der Waals surface area contributed by atoms with Crippen molar-refractivity contribution >= 4 is 30.7 Å². The first-order chi connectivity index (χ1) is 1.91. The molecular formula is CH5BrP2. The van der Waals surface area contributed by atoms with Crippen LogP contribution in [0.25, 0.3) is 0 Å². The SMILES string of the molecule is CPPBr. The molecule has 3 heteroatoms. The number of hydrogen-bond donors (Lipinski definition) is 0. The van der Waals surface area contributed by atoms with Gasteiger partial charge in [-0.2, -0.15) is 0 Å². The molecule has 0 radical (unpaired) electrons. The minimum atomic E-state index is 0.981. The molecule has 0 saturated heterocycles. The fourth-order valence-electron chi connectivity index (χ4n) is 0. The molecule has 4 heavy (non-hydrogen) atoms. The summed E-state index contributed by atoms with van der Waals surface area (Å²) >= 11 is 3.29. The fourth-order valence-corrected chi connectivity index (χ4v) is 0. The molecule has 2 unspecified atom stereocenters. The predicted octanol–water partition coefficient (Wildman–Crippen LogP) is 2.20. The second-order valence-corrected chi connectivity index (χ2v) is 6.67. The van der Waals surface area contributed by atoms with Gasteiger partial charge in [-0.3, -0.25) is 0 Å². The van der Waals surface area contributed by atoms with E-state index < -0.39 is 0 Å². The lowest BCUT2D eigenvalue weighted by molar-refractivity contribution is 2.51. The van der Waals surface area contributed by atoms with E-state index in [1.165, 1.54) is 0 Å². The Balaban J connectivity index is 1.97. The van der Waals surface area contributed by atoms with Crippen LogP contribution in [0, 0.1) is 0 Å². The third-order valence-electron chi connectivity index (χ3n) is 0.0945. The van der Waals surface area contributed by atoms with E-state index in [0.29, 0.717) is 0 Å². The van der Waals surface area contributed by atoms with E-state index in [-0.39, 0.29) is 0 Å². The molecule has 0 fully saturated rings. The summed E-state index contributed by atoms with van der Waals surface area (Å²) in [6.07, 6.45) is 0. The van der Waals surface area contributed by atoms with Crippen LogP contribution in [0.4, 0.5) is 0 Å². The number of rotatable bonds is 1. The van der Waals surface area contributed by atoms with Crippen molar-refractivity contribution in [3.8, 4) is 0 Å². The summed E-state index contributed by atoms with van der Waals surface area (Å²) in [7, 11) is 1.08. The van der Waals surface area contributed by atoms with E-state index in [1.54, 1.807) is 0 Å². The largest absolute Gasteiger partial charge is 0.0910 e. The zero-order valence-electron chi connectivity index (χ0n) is 2.38. The molecule has 0 aromatic heterocycles. The number of halogens is 1. The Bertz CT molecular complexity index is 8.00. The smallest absolute Gasteiger partial charge is 0.0285 e. The Morgan fingerprint density at radius 3 is 2.00 bits per heavy atom. The molecule has 0 heterocycles. The van der Waals surface area contributed by atoms with Crippen LogP contribution < -0.4 is 0 Å². The Hall–Kier alpha value is 1.34. The molecule has 0 aromatic rings. The van der Waals surface area contributed by atoms with E-state index in [0.717, 1.165) is 15.2 Å². The van der Waals surface area contributed by atoms with Gasteiger partial charge in [-0.05, 0) is 13.6 Å². The van der Waals surface area contributed by atoms with Crippen LogP contribution >= 0.6 is 30.7 Å². The van der Waals surface area contributed by atoms with Crippen molar-refractivity contribution in [2.24, 2.45) is 0 Å². The van der Waals surface area contributed by atoms with Gasteiger partial charge in [0.05, 0.1) is 0 Å². The average molecular weight is 159 g/mol. The summed E-state index contributed by atoms with van der Waals surface area (Å²) in [6.45, 7) is 3.15. The summed E-state index contributed by atoms with van der Waals surface area (Å²) in [5.41, 5.74) is 0. The van der Waals surface area contributed by atoms with E-state index >= 15 is 0 Å². The fraction of sp³-hybridized carbons (Fsp3) is 1.00. The number of hydrogen-bond acceptors (Lipinski definition) is 0. The molecule has 0 N–H and O–H groups in total. The minimum absolute atomic E-state index is 0.981. The van der Waals surface area contributed by atoms with Gasteiger partial charge in [-0.15, -0.1) is 0 Å². The Morgan fingerprint density at radius 2 is 2.00 bits per heavy atom. The topological polar surface area (TPSA) is 0 Å². The quantitative estimate of drug-likeness (QED) is 0.514. The highest BCUT2D eigenvalue weighted by Crippen LogP contribution is 2.39. The van der Waals surface area contributed by atoms with Crippen LogP contribution in [-0.4, -0.2) is 6.66 Å². The van der Waals surface area contributed by atoms with Crippen molar-refractivity contribution in [3.05, 3.63) is 0 Å². The molecule has 0 saturated carbocycles. The van der Waals surface area contributed by atoms with E-state index in [9.17, 15) is 0 Å². The monoisotopic (exact) mass is 158 g/mol. The summed E-state index contributed by atoms with van der Waals surface area (Å²) in [5.74, 6) is 0. The van der Waals surface area contributed by atoms with Crippen LogP contribution in [0.3, 0.4) is 0 Å². The lowest BCUT2D eigenvalue weighted by Crippen LogP contribution is -1.05. The lowest BCUT2D eigenvalue weighted by atomic mass is 12.0. The van der Waals surface area contributed by atoms with Crippen molar-refractivity contribution in [1.29, 1.82) is 0 Å². The molecule has 0 spiro atoms. The first kappa shape index (κ1) is 5.34. The first-order valence-corrected chi connectivity index (χ1v) is 6.70. The van der Waals surface area contributed by atoms with Gasteiger partial charge in [0.1, 0.15) is 0 Å². The maximum atomic E-state index is 3.29. The summed E-state index contributed by atoms with van der Waals surface area (Å²) in [5, 5.41) is 0. The second-order valence-electron chi connectivity index (χ2n) is 0.344. The average Bonchev–Trinajstić information content (AvgIpc) is 1.37. The van der Waals surface area contributed by atoms with Crippen LogP contribution in [-0.2, 0) is 0 Å². The normalized spacial score (nSPS) is 13.5. The Kier molecular flexibility index (Phi) is 5.79. The molecule has 0 aromatic carbocycles. The van der Waals surface area contributed by atoms with Gasteiger partial charge in [0.25, 0.3) is 0 Å². The Morgan fingerprint density at radius 1 is 1.75 bits per heavy atom. The molecule has 0 amide bonds. The van der Waals surface area contributed by atoms with E-state index in [2.05, 4.69) is 22.2 Å². The van der Waals surface area contributed by atoms with Crippen molar-refractivity contribution in [1.82, 2.24) is 0 Å². The minimum Gasteiger partial charge on any atom is -0.0910 e. The maximum absolute atomic E-state index is 3.29. The van der Waals surface area contributed by atoms with Crippen LogP contribution in [0.1, 0.15) is 0 Å². The van der Waals surface area contributed by atoms with Gasteiger partial charge in [-0.1, -0.05) is 23.8 Å². The predicted molar refractivity (Wildman–Crippen MR) is 31.5 cm³/mol. The summed E-state index contributed by atoms with van der Waals surface area (Å²) < 4.78 is 0. The van der Waals surface area contributed by atoms with Crippen LogP contribution in [0.15, 0.2) is 0 Å². The van der Waals surface area contributed by atoms with Gasteiger partial charge in [0, 0.05) is 0 Å². The zero-order chi connectivity index (χ0) is 3.41. The first-order valence-electron chi connectivity index (χ1n) is 0.939. The van der Waals surface area contributed by atoms with Crippen molar-refractivity contribution in [3.63, 3.8) is 0 Å². The molecule has 2 atom stereocenters. The molecule has 0 aliphatic rings. The summed E-state index contributed by atoms with van der Waals surface area (Å²) in [4.78, 5) is 0. The molecule has 0 nitrogen and oxygen atoms in total. The van der Waals surface area contributed by atoms with Gasteiger partial charge in [-0.25, -0.2) is 0 Å². The standard InChI is InChI=1S/CH5BrP2/c1-3-4-2/h3-4H,1H3. The van der Waals surface area contributed by atoms with E-state index in [1.807, 2.05) is 0 Å². The van der Waals surface area contributed by atoms with E-state index in [4.69, 9.17) is 0 Å².